The Kier molecular flexibility index (Phi) is 7.28. The Hall–Kier alpha value is -3.98. The van der Waals surface area contributed by atoms with Crippen LogP contribution in [0, 0.1) is 0 Å². The number of alkyl halides is 3. The summed E-state index contributed by atoms with van der Waals surface area (Å²) in [7, 11) is 0. The van der Waals surface area contributed by atoms with Gasteiger partial charge in [-0.25, -0.2) is 0 Å². The summed E-state index contributed by atoms with van der Waals surface area (Å²) < 4.78 is 46.5. The van der Waals surface area contributed by atoms with Crippen LogP contribution in [0.4, 0.5) is 18.9 Å². The van der Waals surface area contributed by atoms with E-state index in [4.69, 9.17) is 16.3 Å². The minimum Gasteiger partial charge on any atom is -0.467 e. The molecule has 196 valence electrons. The van der Waals surface area contributed by atoms with Crippen molar-refractivity contribution in [1.29, 1.82) is 0 Å². The average Bonchev–Trinajstić information content (AvgIpc) is 3.37. The lowest BCUT2D eigenvalue weighted by Crippen LogP contribution is -2.50. The lowest BCUT2D eigenvalue weighted by Gasteiger charge is -2.36. The molecule has 0 saturated carbocycles. The number of nitrogens with zero attached hydrogens (tertiary/aromatic N) is 4. The Morgan fingerprint density at radius 2 is 1.50 bits per heavy atom. The molecule has 1 aliphatic heterocycles. The van der Waals surface area contributed by atoms with Crippen molar-refractivity contribution in [3.8, 4) is 22.7 Å². The van der Waals surface area contributed by atoms with Gasteiger partial charge in [0.1, 0.15) is 0 Å². The fourth-order valence-corrected chi connectivity index (χ4v) is 4.55. The molecule has 2 heterocycles. The van der Waals surface area contributed by atoms with E-state index in [0.29, 0.717) is 26.2 Å². The van der Waals surface area contributed by atoms with E-state index in [1.807, 2.05) is 18.2 Å². The van der Waals surface area contributed by atoms with Crippen LogP contribution in [0.25, 0.3) is 16.8 Å². The average molecular weight is 541 g/mol. The molecule has 3 aromatic carbocycles. The van der Waals surface area contributed by atoms with Crippen LogP contribution in [-0.4, -0.2) is 53.4 Å². The van der Waals surface area contributed by atoms with Gasteiger partial charge in [0, 0.05) is 37.9 Å². The molecular formula is C28H24ClF3N4O2. The van der Waals surface area contributed by atoms with Crippen molar-refractivity contribution in [2.75, 3.05) is 37.7 Å². The van der Waals surface area contributed by atoms with Crippen LogP contribution in [0.2, 0.25) is 5.02 Å². The van der Waals surface area contributed by atoms with Crippen LogP contribution in [-0.2, 0) is 11.0 Å². The quantitative estimate of drug-likeness (QED) is 0.304. The summed E-state index contributed by atoms with van der Waals surface area (Å²) in [6.07, 6.45) is -4.68. The van der Waals surface area contributed by atoms with E-state index in [2.05, 4.69) is 46.4 Å². The second kappa shape index (κ2) is 10.8. The first-order valence-corrected chi connectivity index (χ1v) is 12.4. The molecule has 0 atom stereocenters. The van der Waals surface area contributed by atoms with Crippen molar-refractivity contribution in [2.24, 2.45) is 0 Å². The fourth-order valence-electron chi connectivity index (χ4n) is 4.34. The molecule has 0 aliphatic carbocycles. The van der Waals surface area contributed by atoms with Gasteiger partial charge in [-0.3, -0.25) is 4.79 Å². The minimum atomic E-state index is -4.68. The maximum absolute atomic E-state index is 13.3. The SMILES string of the molecule is O=C(COc1cc(C(F)(F)F)nn1-c1ccccc1Cl)N1CCN(c2ccc(-c3ccccc3)cc2)CC1. The largest absolute Gasteiger partial charge is 0.467 e. The summed E-state index contributed by atoms with van der Waals surface area (Å²) in [4.78, 5) is 16.7. The van der Waals surface area contributed by atoms with Gasteiger partial charge in [0.15, 0.2) is 12.3 Å². The van der Waals surface area contributed by atoms with Crippen LogP contribution in [0.1, 0.15) is 5.69 Å². The lowest BCUT2D eigenvalue weighted by molar-refractivity contribution is -0.141. The molecule has 5 rings (SSSR count). The molecule has 0 radical (unpaired) electrons. The predicted molar refractivity (Wildman–Crippen MR) is 140 cm³/mol. The van der Waals surface area contributed by atoms with Crippen molar-refractivity contribution >= 4 is 23.2 Å². The third-order valence-electron chi connectivity index (χ3n) is 6.36. The first-order valence-electron chi connectivity index (χ1n) is 12.0. The summed E-state index contributed by atoms with van der Waals surface area (Å²) in [5.41, 5.74) is 2.43. The van der Waals surface area contributed by atoms with Gasteiger partial charge < -0.3 is 14.5 Å². The predicted octanol–water partition coefficient (Wildman–Crippen LogP) is 5.94. The number of halogens is 4. The number of piperazine rings is 1. The number of para-hydroxylation sites is 1. The van der Waals surface area contributed by atoms with Crippen molar-refractivity contribution in [1.82, 2.24) is 14.7 Å². The summed E-state index contributed by atoms with van der Waals surface area (Å²) in [6.45, 7) is 1.79. The summed E-state index contributed by atoms with van der Waals surface area (Å²) in [5.74, 6) is -0.527. The highest BCUT2D eigenvalue weighted by Gasteiger charge is 2.36. The van der Waals surface area contributed by atoms with Gasteiger partial charge in [-0.1, -0.05) is 66.2 Å². The highest BCUT2D eigenvalue weighted by Crippen LogP contribution is 2.33. The van der Waals surface area contributed by atoms with Gasteiger partial charge in [0.25, 0.3) is 5.91 Å². The number of carbonyl (C=O) groups excluding carboxylic acids is 1. The number of anilines is 1. The smallest absolute Gasteiger partial charge is 0.435 e. The van der Waals surface area contributed by atoms with E-state index in [-0.39, 0.29) is 22.5 Å². The van der Waals surface area contributed by atoms with Gasteiger partial charge in [-0.15, -0.1) is 0 Å². The molecule has 1 fully saturated rings. The molecule has 1 aromatic heterocycles. The molecule has 10 heteroatoms. The molecule has 1 amide bonds. The summed E-state index contributed by atoms with van der Waals surface area (Å²) in [6, 6.07) is 25.5. The van der Waals surface area contributed by atoms with Crippen LogP contribution in [0.15, 0.2) is 84.9 Å². The molecule has 0 bridgehead atoms. The lowest BCUT2D eigenvalue weighted by atomic mass is 10.1. The standard InChI is InChI=1S/C28H24ClF3N4O2/c29-23-8-4-5-9-24(23)36-27(18-25(33-36)28(30,31)32)38-19-26(37)35-16-14-34(15-17-35)22-12-10-21(11-13-22)20-6-2-1-3-7-20/h1-13,18H,14-17,19H2. The van der Waals surface area contributed by atoms with Crippen molar-refractivity contribution in [3.05, 3.63) is 95.6 Å². The first-order chi connectivity index (χ1) is 18.3. The van der Waals surface area contributed by atoms with Gasteiger partial charge >= 0.3 is 6.18 Å². The minimum absolute atomic E-state index is 0.202. The number of amides is 1. The first kappa shape index (κ1) is 25.7. The van der Waals surface area contributed by atoms with Crippen molar-refractivity contribution in [2.45, 2.75) is 6.18 Å². The molecule has 0 N–H and O–H groups in total. The van der Waals surface area contributed by atoms with E-state index in [1.54, 1.807) is 17.0 Å². The van der Waals surface area contributed by atoms with Crippen molar-refractivity contribution < 1.29 is 22.7 Å². The zero-order valence-corrected chi connectivity index (χ0v) is 21.0. The number of benzene rings is 3. The zero-order chi connectivity index (χ0) is 26.7. The van der Waals surface area contributed by atoms with Crippen molar-refractivity contribution in [3.63, 3.8) is 0 Å². The number of aromatic nitrogens is 2. The Labute approximate surface area is 222 Å². The Morgan fingerprint density at radius 1 is 0.868 bits per heavy atom. The van der Waals surface area contributed by atoms with Gasteiger partial charge in [0.05, 0.1) is 10.7 Å². The highest BCUT2D eigenvalue weighted by molar-refractivity contribution is 6.32. The van der Waals surface area contributed by atoms with E-state index in [1.165, 1.54) is 12.1 Å². The molecule has 6 nitrogen and oxygen atoms in total. The Balaban J connectivity index is 1.21. The highest BCUT2D eigenvalue weighted by atomic mass is 35.5. The maximum atomic E-state index is 13.3. The Bertz CT molecular complexity index is 1400. The van der Waals surface area contributed by atoms with E-state index >= 15 is 0 Å². The Morgan fingerprint density at radius 3 is 2.16 bits per heavy atom. The fraction of sp³-hybridized carbons (Fsp3) is 0.214. The van der Waals surface area contributed by atoms with Crippen LogP contribution in [0.5, 0.6) is 5.88 Å². The molecule has 0 unspecified atom stereocenters. The monoisotopic (exact) mass is 540 g/mol. The molecular weight excluding hydrogens is 517 g/mol. The van der Waals surface area contributed by atoms with E-state index < -0.39 is 18.5 Å². The van der Waals surface area contributed by atoms with Crippen LogP contribution in [0.3, 0.4) is 0 Å². The van der Waals surface area contributed by atoms with E-state index in [9.17, 15) is 18.0 Å². The second-order valence-corrected chi connectivity index (χ2v) is 9.21. The third kappa shape index (κ3) is 5.62. The van der Waals surface area contributed by atoms with E-state index in [0.717, 1.165) is 27.6 Å². The maximum Gasteiger partial charge on any atom is 0.435 e. The molecule has 38 heavy (non-hydrogen) atoms. The number of carbonyl (C=O) groups is 1. The van der Waals surface area contributed by atoms with Crippen LogP contribution < -0.4 is 9.64 Å². The second-order valence-electron chi connectivity index (χ2n) is 8.80. The summed E-state index contributed by atoms with van der Waals surface area (Å²) >= 11 is 6.17. The molecule has 1 aliphatic rings. The molecule has 1 saturated heterocycles. The number of hydrogen-bond donors (Lipinski definition) is 0. The topological polar surface area (TPSA) is 50.6 Å². The van der Waals surface area contributed by atoms with Crippen LogP contribution >= 0.6 is 11.6 Å². The van der Waals surface area contributed by atoms with Gasteiger partial charge in [-0.05, 0) is 35.4 Å². The van der Waals surface area contributed by atoms with Gasteiger partial charge in [0.2, 0.25) is 5.88 Å². The number of rotatable bonds is 6. The molecule has 4 aromatic rings. The normalized spacial score (nSPS) is 14.0. The molecule has 0 spiro atoms. The number of hydrogen-bond acceptors (Lipinski definition) is 4. The zero-order valence-electron chi connectivity index (χ0n) is 20.2. The number of ether oxygens (including phenoxy) is 1. The van der Waals surface area contributed by atoms with Gasteiger partial charge in [-0.2, -0.15) is 23.0 Å². The third-order valence-corrected chi connectivity index (χ3v) is 6.68. The summed E-state index contributed by atoms with van der Waals surface area (Å²) in [5, 5.41) is 3.82.